The minimum absolute atomic E-state index is 0.926. The second-order valence-electron chi connectivity index (χ2n) is 3.47. The molecule has 0 amide bonds. The lowest BCUT2D eigenvalue weighted by Crippen LogP contribution is -2.35. The second kappa shape index (κ2) is 7.65. The van der Waals surface area contributed by atoms with Crippen LogP contribution in [0.1, 0.15) is 26.2 Å². The van der Waals surface area contributed by atoms with Gasteiger partial charge in [0, 0.05) is 19.0 Å². The maximum atomic E-state index is 5.29. The Hall–Kier alpha value is 0.270. The normalized spacial score (nSPS) is 19.2. The van der Waals surface area contributed by atoms with Crippen molar-refractivity contribution in [3.63, 3.8) is 0 Å². The third kappa shape index (κ3) is 5.55. The van der Waals surface area contributed by atoms with E-state index in [0.717, 1.165) is 26.3 Å². The molecular weight excluding hydrogens is 182 g/mol. The molecule has 78 valence electrons. The van der Waals surface area contributed by atoms with Crippen LogP contribution >= 0.6 is 11.8 Å². The van der Waals surface area contributed by atoms with Crippen molar-refractivity contribution >= 4 is 11.8 Å². The van der Waals surface area contributed by atoms with Gasteiger partial charge < -0.3 is 4.74 Å². The highest BCUT2D eigenvalue weighted by molar-refractivity contribution is 7.99. The van der Waals surface area contributed by atoms with Crippen molar-refractivity contribution in [1.82, 2.24) is 4.90 Å². The van der Waals surface area contributed by atoms with Crippen molar-refractivity contribution in [2.24, 2.45) is 0 Å². The fourth-order valence-corrected chi connectivity index (χ4v) is 2.43. The molecule has 1 aliphatic heterocycles. The third-order valence-electron chi connectivity index (χ3n) is 2.27. The summed E-state index contributed by atoms with van der Waals surface area (Å²) in [5.41, 5.74) is 0. The smallest absolute Gasteiger partial charge is 0.0594 e. The van der Waals surface area contributed by atoms with Crippen LogP contribution in [0.15, 0.2) is 0 Å². The summed E-state index contributed by atoms with van der Waals surface area (Å²) in [5, 5.41) is 0. The van der Waals surface area contributed by atoms with E-state index < -0.39 is 0 Å². The molecule has 2 nitrogen and oxygen atoms in total. The molecular formula is C10H21NOS. The first kappa shape index (κ1) is 11.3. The highest BCUT2D eigenvalue weighted by atomic mass is 32.2. The Balaban J connectivity index is 1.86. The number of ether oxygens (including phenoxy) is 1. The first-order valence-corrected chi connectivity index (χ1v) is 6.47. The van der Waals surface area contributed by atoms with Crippen LogP contribution in [0.25, 0.3) is 0 Å². The minimum Gasteiger partial charge on any atom is -0.379 e. The van der Waals surface area contributed by atoms with E-state index in [0.29, 0.717) is 0 Å². The van der Waals surface area contributed by atoms with Crippen molar-refractivity contribution in [2.45, 2.75) is 26.2 Å². The average Bonchev–Trinajstić information content (AvgIpc) is 2.19. The van der Waals surface area contributed by atoms with Gasteiger partial charge in [0.2, 0.25) is 0 Å². The summed E-state index contributed by atoms with van der Waals surface area (Å²) >= 11 is 2.07. The standard InChI is InChI=1S/C10H21NOS/c1-2-3-4-9-13-10-11-5-7-12-8-6-11/h2-10H2,1H3. The van der Waals surface area contributed by atoms with Crippen molar-refractivity contribution in [3.8, 4) is 0 Å². The summed E-state index contributed by atoms with van der Waals surface area (Å²) in [6.07, 6.45) is 4.10. The maximum absolute atomic E-state index is 5.29. The molecule has 0 aromatic heterocycles. The molecule has 0 aromatic rings. The molecule has 3 heteroatoms. The molecule has 1 aliphatic rings. The molecule has 0 N–H and O–H groups in total. The maximum Gasteiger partial charge on any atom is 0.0594 e. The number of hydrogen-bond acceptors (Lipinski definition) is 3. The van der Waals surface area contributed by atoms with Crippen molar-refractivity contribution < 1.29 is 4.74 Å². The summed E-state index contributed by atoms with van der Waals surface area (Å²) in [5.74, 6) is 2.53. The SMILES string of the molecule is CCCCCSCN1CCOCC1. The molecule has 0 aromatic carbocycles. The number of nitrogens with zero attached hydrogens (tertiary/aromatic N) is 1. The summed E-state index contributed by atoms with van der Waals surface area (Å²) in [4.78, 5) is 2.49. The van der Waals surface area contributed by atoms with Crippen LogP contribution < -0.4 is 0 Å². The minimum atomic E-state index is 0.926. The van der Waals surface area contributed by atoms with Gasteiger partial charge in [-0.05, 0) is 12.2 Å². The van der Waals surface area contributed by atoms with Gasteiger partial charge in [-0.25, -0.2) is 0 Å². The van der Waals surface area contributed by atoms with Crippen LogP contribution in [0.3, 0.4) is 0 Å². The molecule has 0 unspecified atom stereocenters. The van der Waals surface area contributed by atoms with Gasteiger partial charge >= 0.3 is 0 Å². The number of morpholine rings is 1. The van der Waals surface area contributed by atoms with Crippen LogP contribution in [0.5, 0.6) is 0 Å². The van der Waals surface area contributed by atoms with E-state index in [2.05, 4.69) is 23.6 Å². The van der Waals surface area contributed by atoms with E-state index >= 15 is 0 Å². The molecule has 0 bridgehead atoms. The Bertz CT molecular complexity index is 115. The fourth-order valence-electron chi connectivity index (χ4n) is 1.38. The summed E-state index contributed by atoms with van der Waals surface area (Å²) < 4.78 is 5.29. The molecule has 0 atom stereocenters. The van der Waals surface area contributed by atoms with Gasteiger partial charge in [-0.15, -0.1) is 11.8 Å². The zero-order valence-electron chi connectivity index (χ0n) is 8.63. The molecule has 1 heterocycles. The Kier molecular flexibility index (Phi) is 6.68. The molecule has 0 radical (unpaired) electrons. The monoisotopic (exact) mass is 203 g/mol. The highest BCUT2D eigenvalue weighted by Crippen LogP contribution is 2.09. The molecule has 0 spiro atoms. The largest absolute Gasteiger partial charge is 0.379 e. The van der Waals surface area contributed by atoms with Gasteiger partial charge in [0.25, 0.3) is 0 Å². The third-order valence-corrected chi connectivity index (χ3v) is 3.39. The Labute approximate surface area is 86.0 Å². The Morgan fingerprint density at radius 1 is 1.23 bits per heavy atom. The average molecular weight is 203 g/mol. The van der Waals surface area contributed by atoms with Crippen LogP contribution in [0, 0.1) is 0 Å². The van der Waals surface area contributed by atoms with Crippen molar-refractivity contribution in [3.05, 3.63) is 0 Å². The van der Waals surface area contributed by atoms with Crippen molar-refractivity contribution in [1.29, 1.82) is 0 Å². The number of unbranched alkanes of at least 4 members (excludes halogenated alkanes) is 2. The van der Waals surface area contributed by atoms with Gasteiger partial charge in [0.05, 0.1) is 13.2 Å². The first-order valence-electron chi connectivity index (χ1n) is 5.31. The van der Waals surface area contributed by atoms with Crippen LogP contribution in [0.2, 0.25) is 0 Å². The van der Waals surface area contributed by atoms with E-state index in [4.69, 9.17) is 4.74 Å². The Morgan fingerprint density at radius 3 is 2.69 bits per heavy atom. The van der Waals surface area contributed by atoms with Crippen LogP contribution in [0.4, 0.5) is 0 Å². The fraction of sp³-hybridized carbons (Fsp3) is 1.00. The Morgan fingerprint density at radius 2 is 2.00 bits per heavy atom. The molecule has 1 rings (SSSR count). The molecule has 1 fully saturated rings. The summed E-state index contributed by atoms with van der Waals surface area (Å²) in [7, 11) is 0. The van der Waals surface area contributed by atoms with E-state index in [-0.39, 0.29) is 0 Å². The zero-order valence-corrected chi connectivity index (χ0v) is 9.44. The van der Waals surface area contributed by atoms with E-state index in [1.54, 1.807) is 0 Å². The highest BCUT2D eigenvalue weighted by Gasteiger charge is 2.08. The molecule has 0 aliphatic carbocycles. The van der Waals surface area contributed by atoms with E-state index in [1.165, 1.54) is 30.9 Å². The lowest BCUT2D eigenvalue weighted by Gasteiger charge is -2.25. The van der Waals surface area contributed by atoms with Gasteiger partial charge in [0.15, 0.2) is 0 Å². The number of rotatable bonds is 6. The van der Waals surface area contributed by atoms with Crippen molar-refractivity contribution in [2.75, 3.05) is 37.9 Å². The summed E-state index contributed by atoms with van der Waals surface area (Å²) in [6, 6.07) is 0. The molecule has 13 heavy (non-hydrogen) atoms. The topological polar surface area (TPSA) is 12.5 Å². The first-order chi connectivity index (χ1) is 6.43. The predicted octanol–water partition coefficient (Wildman–Crippen LogP) is 2.20. The quantitative estimate of drug-likeness (QED) is 0.614. The van der Waals surface area contributed by atoms with E-state index in [1.807, 2.05) is 0 Å². The summed E-state index contributed by atoms with van der Waals surface area (Å²) in [6.45, 7) is 6.36. The van der Waals surface area contributed by atoms with Crippen LogP contribution in [-0.4, -0.2) is 42.8 Å². The van der Waals surface area contributed by atoms with Gasteiger partial charge in [-0.1, -0.05) is 19.8 Å². The zero-order chi connectivity index (χ0) is 9.36. The predicted molar refractivity (Wildman–Crippen MR) is 59.2 cm³/mol. The van der Waals surface area contributed by atoms with Gasteiger partial charge in [-0.3, -0.25) is 4.90 Å². The number of thioether (sulfide) groups is 1. The molecule has 1 saturated heterocycles. The van der Waals surface area contributed by atoms with E-state index in [9.17, 15) is 0 Å². The molecule has 0 saturated carbocycles. The van der Waals surface area contributed by atoms with Gasteiger partial charge in [0.1, 0.15) is 0 Å². The van der Waals surface area contributed by atoms with Gasteiger partial charge in [-0.2, -0.15) is 0 Å². The second-order valence-corrected chi connectivity index (χ2v) is 4.55. The lowest BCUT2D eigenvalue weighted by atomic mass is 10.3. The van der Waals surface area contributed by atoms with Crippen LogP contribution in [-0.2, 0) is 4.74 Å². The lowest BCUT2D eigenvalue weighted by molar-refractivity contribution is 0.0474. The number of hydrogen-bond donors (Lipinski definition) is 0.